The Morgan fingerprint density at radius 3 is 2.54 bits per heavy atom. The van der Waals surface area contributed by atoms with Crippen LogP contribution in [0, 0.1) is 6.92 Å². The van der Waals surface area contributed by atoms with Gasteiger partial charge in [-0.2, -0.15) is 0 Å². The minimum Gasteiger partial charge on any atom is -0.497 e. The first-order valence-corrected chi connectivity index (χ1v) is 8.57. The zero-order valence-electron chi connectivity index (χ0n) is 14.6. The Morgan fingerprint density at radius 2 is 1.65 bits per heavy atom. The highest BCUT2D eigenvalue weighted by Crippen LogP contribution is 2.31. The Hall–Kier alpha value is -3.40. The molecule has 0 saturated carbocycles. The molecular weight excluding hydrogens is 322 g/mol. The number of ether oxygens (including phenoxy) is 1. The average molecular weight is 339 g/mol. The van der Waals surface area contributed by atoms with Crippen molar-refractivity contribution in [2.24, 2.45) is 0 Å². The second-order valence-electron chi connectivity index (χ2n) is 6.45. The zero-order chi connectivity index (χ0) is 17.7. The number of benzene rings is 3. The fourth-order valence-electron chi connectivity index (χ4n) is 3.66. The summed E-state index contributed by atoms with van der Waals surface area (Å²) < 4.78 is 7.52. The predicted octanol–water partition coefficient (Wildman–Crippen LogP) is 5.02. The molecular formula is C22H17N3O. The van der Waals surface area contributed by atoms with E-state index in [1.807, 2.05) is 12.1 Å². The van der Waals surface area contributed by atoms with Crippen LogP contribution in [0.5, 0.6) is 5.75 Å². The van der Waals surface area contributed by atoms with E-state index in [4.69, 9.17) is 4.74 Å². The Kier molecular flexibility index (Phi) is 3.19. The van der Waals surface area contributed by atoms with Crippen LogP contribution in [0.2, 0.25) is 0 Å². The summed E-state index contributed by atoms with van der Waals surface area (Å²) in [6.45, 7) is 2.09. The Balaban J connectivity index is 1.88. The molecule has 0 saturated heterocycles. The van der Waals surface area contributed by atoms with Gasteiger partial charge in [-0.05, 0) is 41.3 Å². The normalized spacial score (nSPS) is 11.5. The van der Waals surface area contributed by atoms with Crippen LogP contribution in [0.4, 0.5) is 0 Å². The van der Waals surface area contributed by atoms with E-state index in [9.17, 15) is 0 Å². The molecule has 0 unspecified atom stereocenters. The van der Waals surface area contributed by atoms with Crippen LogP contribution < -0.4 is 4.74 Å². The van der Waals surface area contributed by atoms with E-state index in [0.717, 1.165) is 39.3 Å². The molecule has 0 fully saturated rings. The van der Waals surface area contributed by atoms with E-state index in [0.29, 0.717) is 0 Å². The predicted molar refractivity (Wildman–Crippen MR) is 105 cm³/mol. The van der Waals surface area contributed by atoms with Crippen molar-refractivity contribution >= 4 is 27.2 Å². The lowest BCUT2D eigenvalue weighted by Crippen LogP contribution is -1.96. The van der Waals surface area contributed by atoms with Crippen molar-refractivity contribution in [1.29, 1.82) is 0 Å². The quantitative estimate of drug-likeness (QED) is 0.453. The van der Waals surface area contributed by atoms with Crippen LogP contribution in [0.15, 0.2) is 66.7 Å². The lowest BCUT2D eigenvalue weighted by atomic mass is 10.0. The molecule has 4 nitrogen and oxygen atoms in total. The van der Waals surface area contributed by atoms with Crippen LogP contribution in [0.25, 0.3) is 38.6 Å². The number of methoxy groups -OCH3 is 1. The van der Waals surface area contributed by atoms with E-state index in [1.54, 1.807) is 7.11 Å². The molecule has 0 aliphatic carbocycles. The molecule has 0 radical (unpaired) electrons. The van der Waals surface area contributed by atoms with Gasteiger partial charge < -0.3 is 4.74 Å². The fourth-order valence-corrected chi connectivity index (χ4v) is 3.66. The van der Waals surface area contributed by atoms with Crippen LogP contribution in [-0.4, -0.2) is 21.7 Å². The smallest absolute Gasteiger partial charge is 0.169 e. The molecule has 26 heavy (non-hydrogen) atoms. The summed E-state index contributed by atoms with van der Waals surface area (Å²) >= 11 is 0. The van der Waals surface area contributed by atoms with Gasteiger partial charge in [-0.25, -0.2) is 0 Å². The summed E-state index contributed by atoms with van der Waals surface area (Å²) in [4.78, 5) is 0. The fraction of sp³-hybridized carbons (Fsp3) is 0.0909. The number of nitrogens with zero attached hydrogens (tertiary/aromatic N) is 3. The highest BCUT2D eigenvalue weighted by Gasteiger charge is 2.15. The minimum atomic E-state index is 0.818. The van der Waals surface area contributed by atoms with Crippen LogP contribution in [0.3, 0.4) is 0 Å². The average Bonchev–Trinajstić information content (AvgIpc) is 3.13. The van der Waals surface area contributed by atoms with E-state index >= 15 is 0 Å². The van der Waals surface area contributed by atoms with E-state index in [1.165, 1.54) is 10.8 Å². The Bertz CT molecular complexity index is 1280. The van der Waals surface area contributed by atoms with Crippen molar-refractivity contribution in [3.63, 3.8) is 0 Å². The molecule has 126 valence electrons. The Labute approximate surface area is 150 Å². The molecule has 0 N–H and O–H groups in total. The minimum absolute atomic E-state index is 0.818. The number of aryl methyl sites for hydroxylation is 1. The van der Waals surface area contributed by atoms with Crippen molar-refractivity contribution < 1.29 is 4.74 Å². The summed E-state index contributed by atoms with van der Waals surface area (Å²) in [5, 5.41) is 13.6. The molecule has 2 heterocycles. The second-order valence-corrected chi connectivity index (χ2v) is 6.45. The van der Waals surface area contributed by atoms with Crippen molar-refractivity contribution in [3.05, 3.63) is 72.4 Å². The second kappa shape index (κ2) is 5.56. The monoisotopic (exact) mass is 339 g/mol. The van der Waals surface area contributed by atoms with Gasteiger partial charge in [0.25, 0.3) is 0 Å². The molecule has 0 spiro atoms. The van der Waals surface area contributed by atoms with Gasteiger partial charge in [0.2, 0.25) is 0 Å². The van der Waals surface area contributed by atoms with Gasteiger partial charge in [-0.15, -0.1) is 10.2 Å². The molecule has 0 aliphatic rings. The number of fused-ring (bicyclic) bond motifs is 4. The lowest BCUT2D eigenvalue weighted by molar-refractivity contribution is 0.415. The summed E-state index contributed by atoms with van der Waals surface area (Å²) in [5.74, 6) is 1.68. The lowest BCUT2D eigenvalue weighted by Gasteiger charge is -2.10. The number of hydrogen-bond acceptors (Lipinski definition) is 3. The molecule has 0 bridgehead atoms. The SMILES string of the molecule is COc1ccc2cc(C)n3c(-c4cccc5ccccc45)nnc3c2c1. The van der Waals surface area contributed by atoms with Gasteiger partial charge in [0.05, 0.1) is 7.11 Å². The van der Waals surface area contributed by atoms with Gasteiger partial charge in [-0.1, -0.05) is 48.5 Å². The van der Waals surface area contributed by atoms with E-state index < -0.39 is 0 Å². The first kappa shape index (κ1) is 14.9. The molecule has 0 amide bonds. The van der Waals surface area contributed by atoms with Crippen molar-refractivity contribution in [1.82, 2.24) is 14.6 Å². The zero-order valence-corrected chi connectivity index (χ0v) is 14.6. The Morgan fingerprint density at radius 1 is 0.808 bits per heavy atom. The largest absolute Gasteiger partial charge is 0.497 e. The standard InChI is InChI=1S/C22H17N3O/c1-14-12-16-10-11-17(26-2)13-20(16)22-24-23-21(25(14)22)19-9-5-7-15-6-3-4-8-18(15)19/h3-13H,1-2H3. The first-order valence-electron chi connectivity index (χ1n) is 8.57. The van der Waals surface area contributed by atoms with E-state index in [2.05, 4.69) is 76.1 Å². The summed E-state index contributed by atoms with van der Waals surface area (Å²) in [6, 6.07) is 22.9. The maximum absolute atomic E-state index is 5.39. The number of hydrogen-bond donors (Lipinski definition) is 0. The van der Waals surface area contributed by atoms with Gasteiger partial charge in [0.15, 0.2) is 11.5 Å². The highest BCUT2D eigenvalue weighted by atomic mass is 16.5. The van der Waals surface area contributed by atoms with Crippen LogP contribution >= 0.6 is 0 Å². The number of aromatic nitrogens is 3. The third-order valence-corrected chi connectivity index (χ3v) is 4.91. The number of pyridine rings is 1. The molecule has 5 rings (SSSR count). The summed E-state index contributed by atoms with van der Waals surface area (Å²) in [7, 11) is 1.68. The first-order chi connectivity index (χ1) is 12.8. The van der Waals surface area contributed by atoms with Crippen molar-refractivity contribution in [3.8, 4) is 17.1 Å². The van der Waals surface area contributed by atoms with E-state index in [-0.39, 0.29) is 0 Å². The molecule has 0 atom stereocenters. The van der Waals surface area contributed by atoms with Gasteiger partial charge >= 0.3 is 0 Å². The summed E-state index contributed by atoms with van der Waals surface area (Å²) in [6.07, 6.45) is 0. The third-order valence-electron chi connectivity index (χ3n) is 4.91. The molecule has 2 aromatic heterocycles. The van der Waals surface area contributed by atoms with Gasteiger partial charge in [0.1, 0.15) is 5.75 Å². The maximum Gasteiger partial charge on any atom is 0.169 e. The molecule has 3 aromatic carbocycles. The van der Waals surface area contributed by atoms with Gasteiger partial charge in [-0.3, -0.25) is 4.40 Å². The van der Waals surface area contributed by atoms with Crippen LogP contribution in [0.1, 0.15) is 5.69 Å². The van der Waals surface area contributed by atoms with Crippen molar-refractivity contribution in [2.45, 2.75) is 6.92 Å². The molecule has 0 aliphatic heterocycles. The summed E-state index contributed by atoms with van der Waals surface area (Å²) in [5.41, 5.74) is 3.04. The van der Waals surface area contributed by atoms with Crippen LogP contribution in [-0.2, 0) is 0 Å². The molecule has 4 heteroatoms. The highest BCUT2D eigenvalue weighted by molar-refractivity contribution is 5.99. The third kappa shape index (κ3) is 2.09. The topological polar surface area (TPSA) is 39.4 Å². The number of rotatable bonds is 2. The maximum atomic E-state index is 5.39. The molecule has 5 aromatic rings. The van der Waals surface area contributed by atoms with Crippen molar-refractivity contribution in [2.75, 3.05) is 7.11 Å². The van der Waals surface area contributed by atoms with Gasteiger partial charge in [0, 0.05) is 16.6 Å².